The maximum Gasteiger partial charge on any atom is 0.165 e. The summed E-state index contributed by atoms with van der Waals surface area (Å²) < 4.78 is 33.2. The summed E-state index contributed by atoms with van der Waals surface area (Å²) in [5.74, 6) is -0.684. The lowest BCUT2D eigenvalue weighted by Gasteiger charge is -2.08. The monoisotopic (exact) mass is 376 g/mol. The lowest BCUT2D eigenvalue weighted by atomic mass is 10.2. The molecule has 0 spiro atoms. The van der Waals surface area contributed by atoms with Crippen LogP contribution < -0.4 is 4.74 Å². The summed E-state index contributed by atoms with van der Waals surface area (Å²) in [5.41, 5.74) is 0.626. The van der Waals surface area contributed by atoms with Crippen LogP contribution in [0.4, 0.5) is 8.78 Å². The number of hydrogen-bond acceptors (Lipinski definition) is 1. The molecule has 2 aromatic rings. The van der Waals surface area contributed by atoms with Crippen molar-refractivity contribution in [1.29, 1.82) is 0 Å². The van der Waals surface area contributed by atoms with Crippen LogP contribution in [-0.4, -0.2) is 0 Å². The first kappa shape index (κ1) is 13.5. The van der Waals surface area contributed by atoms with Crippen molar-refractivity contribution in [2.45, 2.75) is 6.61 Å². The van der Waals surface area contributed by atoms with Gasteiger partial charge in [-0.2, -0.15) is 0 Å². The Labute approximate surface area is 120 Å². The van der Waals surface area contributed by atoms with Gasteiger partial charge in [-0.05, 0) is 42.0 Å². The van der Waals surface area contributed by atoms with E-state index in [9.17, 15) is 8.78 Å². The molecule has 18 heavy (non-hydrogen) atoms. The van der Waals surface area contributed by atoms with E-state index in [1.165, 1.54) is 24.3 Å². The zero-order valence-corrected chi connectivity index (χ0v) is 12.3. The predicted octanol–water partition coefficient (Wildman–Crippen LogP) is 5.07. The topological polar surface area (TPSA) is 9.23 Å². The van der Waals surface area contributed by atoms with Gasteiger partial charge < -0.3 is 4.74 Å². The second-order valence-corrected chi connectivity index (χ2v) is 5.47. The van der Waals surface area contributed by atoms with Crippen LogP contribution in [0.5, 0.6) is 5.75 Å². The molecular weight excluding hydrogens is 370 g/mol. The molecule has 0 aliphatic carbocycles. The van der Waals surface area contributed by atoms with Crippen molar-refractivity contribution in [2.24, 2.45) is 0 Å². The fraction of sp³-hybridized carbons (Fsp3) is 0.0769. The van der Waals surface area contributed by atoms with Gasteiger partial charge in [-0.15, -0.1) is 0 Å². The molecule has 0 bridgehead atoms. The van der Waals surface area contributed by atoms with Gasteiger partial charge in [0.2, 0.25) is 0 Å². The van der Waals surface area contributed by atoms with Gasteiger partial charge in [0.25, 0.3) is 0 Å². The van der Waals surface area contributed by atoms with Gasteiger partial charge in [0.15, 0.2) is 11.6 Å². The Bertz CT molecular complexity index is 553. The van der Waals surface area contributed by atoms with Crippen LogP contribution in [0.1, 0.15) is 5.56 Å². The quantitative estimate of drug-likeness (QED) is 0.725. The zero-order valence-electron chi connectivity index (χ0n) is 9.09. The van der Waals surface area contributed by atoms with Crippen LogP contribution in [0, 0.1) is 11.6 Å². The molecule has 0 atom stereocenters. The van der Waals surface area contributed by atoms with Crippen LogP contribution in [0.25, 0.3) is 0 Å². The van der Waals surface area contributed by atoms with E-state index in [0.29, 0.717) is 10.0 Å². The predicted molar refractivity (Wildman–Crippen MR) is 72.5 cm³/mol. The first-order valence-corrected chi connectivity index (χ1v) is 6.66. The highest BCUT2D eigenvalue weighted by molar-refractivity contribution is 9.10. The molecule has 94 valence electrons. The average molecular weight is 378 g/mol. The summed E-state index contributed by atoms with van der Waals surface area (Å²) >= 11 is 6.42. The molecule has 0 aliphatic heterocycles. The van der Waals surface area contributed by atoms with Crippen LogP contribution in [-0.2, 0) is 6.61 Å². The molecule has 0 saturated heterocycles. The minimum absolute atomic E-state index is 0.101. The summed E-state index contributed by atoms with van der Waals surface area (Å²) in [4.78, 5) is 0. The smallest absolute Gasteiger partial charge is 0.165 e. The molecule has 1 nitrogen and oxygen atoms in total. The van der Waals surface area contributed by atoms with E-state index in [4.69, 9.17) is 4.74 Å². The van der Waals surface area contributed by atoms with Crippen molar-refractivity contribution in [3.63, 3.8) is 0 Å². The fourth-order valence-corrected chi connectivity index (χ4v) is 2.30. The highest BCUT2D eigenvalue weighted by Crippen LogP contribution is 2.24. The van der Waals surface area contributed by atoms with E-state index in [2.05, 4.69) is 31.9 Å². The Hall–Kier alpha value is -0.940. The number of ether oxygens (including phenoxy) is 1. The summed E-state index contributed by atoms with van der Waals surface area (Å²) in [5, 5.41) is 0. The Morgan fingerprint density at radius 3 is 2.44 bits per heavy atom. The highest BCUT2D eigenvalue weighted by atomic mass is 79.9. The zero-order chi connectivity index (χ0) is 13.1. The van der Waals surface area contributed by atoms with E-state index in [-0.39, 0.29) is 18.2 Å². The summed E-state index contributed by atoms with van der Waals surface area (Å²) in [6.07, 6.45) is 0. The van der Waals surface area contributed by atoms with E-state index in [1.807, 2.05) is 0 Å². The number of halogens is 4. The van der Waals surface area contributed by atoms with Crippen molar-refractivity contribution in [3.8, 4) is 5.75 Å². The Kier molecular flexibility index (Phi) is 4.35. The molecule has 0 aliphatic rings. The van der Waals surface area contributed by atoms with Crippen LogP contribution in [0.15, 0.2) is 45.3 Å². The summed E-state index contributed by atoms with van der Waals surface area (Å²) in [6, 6.07) is 8.84. The molecule has 0 fully saturated rings. The van der Waals surface area contributed by atoms with Crippen molar-refractivity contribution in [1.82, 2.24) is 0 Å². The first-order chi connectivity index (χ1) is 8.54. The molecule has 2 aromatic carbocycles. The van der Waals surface area contributed by atoms with Crippen molar-refractivity contribution in [3.05, 3.63) is 62.5 Å². The second-order valence-electron chi connectivity index (χ2n) is 3.64. The van der Waals surface area contributed by atoms with Crippen LogP contribution in [0.3, 0.4) is 0 Å². The van der Waals surface area contributed by atoms with Gasteiger partial charge in [-0.3, -0.25) is 0 Å². The van der Waals surface area contributed by atoms with Gasteiger partial charge in [0.05, 0.1) is 0 Å². The van der Waals surface area contributed by atoms with Gasteiger partial charge in [0, 0.05) is 8.95 Å². The van der Waals surface area contributed by atoms with E-state index in [1.54, 1.807) is 12.1 Å². The normalized spacial score (nSPS) is 10.4. The second kappa shape index (κ2) is 5.80. The minimum atomic E-state index is -0.450. The molecule has 2 rings (SSSR count). The molecule has 0 unspecified atom stereocenters. The Morgan fingerprint density at radius 2 is 1.72 bits per heavy atom. The van der Waals surface area contributed by atoms with Gasteiger partial charge in [-0.25, -0.2) is 8.78 Å². The lowest BCUT2D eigenvalue weighted by molar-refractivity contribution is 0.289. The molecule has 0 heterocycles. The molecular formula is C13H8Br2F2O. The van der Waals surface area contributed by atoms with E-state index >= 15 is 0 Å². The third-order valence-electron chi connectivity index (χ3n) is 2.21. The van der Waals surface area contributed by atoms with Crippen LogP contribution in [0.2, 0.25) is 0 Å². The largest absolute Gasteiger partial charge is 0.486 e. The van der Waals surface area contributed by atoms with Gasteiger partial charge in [-0.1, -0.05) is 31.9 Å². The van der Waals surface area contributed by atoms with Gasteiger partial charge in [0.1, 0.15) is 12.4 Å². The maximum absolute atomic E-state index is 13.4. The molecule has 0 radical (unpaired) electrons. The van der Waals surface area contributed by atoms with Crippen molar-refractivity contribution >= 4 is 31.9 Å². The van der Waals surface area contributed by atoms with Crippen LogP contribution >= 0.6 is 31.9 Å². The van der Waals surface area contributed by atoms with Crippen molar-refractivity contribution < 1.29 is 13.5 Å². The van der Waals surface area contributed by atoms with E-state index < -0.39 is 5.82 Å². The number of hydrogen-bond donors (Lipinski definition) is 0. The fourth-order valence-electron chi connectivity index (χ4n) is 1.44. The lowest BCUT2D eigenvalue weighted by Crippen LogP contribution is -1.98. The summed E-state index contributed by atoms with van der Waals surface area (Å²) in [7, 11) is 0. The Morgan fingerprint density at radius 1 is 0.944 bits per heavy atom. The third kappa shape index (κ3) is 3.53. The Balaban J connectivity index is 2.13. The molecule has 5 heteroatoms. The number of benzene rings is 2. The molecule has 0 N–H and O–H groups in total. The maximum atomic E-state index is 13.4. The molecule has 0 saturated carbocycles. The van der Waals surface area contributed by atoms with Gasteiger partial charge >= 0.3 is 0 Å². The third-order valence-corrected chi connectivity index (χ3v) is 3.16. The van der Waals surface area contributed by atoms with Crippen molar-refractivity contribution in [2.75, 3.05) is 0 Å². The highest BCUT2D eigenvalue weighted by Gasteiger charge is 2.05. The SMILES string of the molecule is Fc1cc(Br)cc(COc2cc(Br)ccc2F)c1. The van der Waals surface area contributed by atoms with E-state index in [0.717, 1.165) is 4.47 Å². The summed E-state index contributed by atoms with van der Waals surface area (Å²) in [6.45, 7) is 0.101. The minimum Gasteiger partial charge on any atom is -0.486 e. The first-order valence-electron chi connectivity index (χ1n) is 5.07. The molecule has 0 aromatic heterocycles. The standard InChI is InChI=1S/C13H8Br2F2O/c14-9-1-2-12(17)13(6-9)18-7-8-3-10(15)5-11(16)4-8/h1-6H,7H2. The average Bonchev–Trinajstić information content (AvgIpc) is 2.29. The molecule has 0 amide bonds. The number of rotatable bonds is 3.